The van der Waals surface area contributed by atoms with E-state index in [2.05, 4.69) is 4.72 Å². The molecule has 0 saturated carbocycles. The number of nitrogens with zero attached hydrogens (tertiary/aromatic N) is 1. The predicted octanol–water partition coefficient (Wildman–Crippen LogP) is 3.03. The molecule has 0 unspecified atom stereocenters. The van der Waals surface area contributed by atoms with Crippen LogP contribution < -0.4 is 14.2 Å². The second-order valence-electron chi connectivity index (χ2n) is 5.31. The van der Waals surface area contributed by atoms with Gasteiger partial charge in [-0.1, -0.05) is 17.7 Å². The molecule has 0 radical (unpaired) electrons. The van der Waals surface area contributed by atoms with Crippen LogP contribution in [0.2, 0.25) is 0 Å². The Morgan fingerprint density at radius 2 is 1.60 bits per heavy atom. The van der Waals surface area contributed by atoms with Crippen LogP contribution >= 0.6 is 0 Å². The molecule has 1 N–H and O–H groups in total. The molecule has 0 aromatic heterocycles. The molecule has 0 aliphatic rings. The number of hydrogen-bond donors (Lipinski definition) is 1. The first-order chi connectivity index (χ1) is 11.7. The van der Waals surface area contributed by atoms with Crippen molar-refractivity contribution in [3.63, 3.8) is 0 Å². The molecule has 0 aliphatic heterocycles. The lowest BCUT2D eigenvalue weighted by Crippen LogP contribution is -2.14. The lowest BCUT2D eigenvalue weighted by atomic mass is 10.1. The molecular formula is C16H18N2O6S. The summed E-state index contributed by atoms with van der Waals surface area (Å²) in [6, 6.07) is 7.31. The summed E-state index contributed by atoms with van der Waals surface area (Å²) < 4.78 is 37.8. The van der Waals surface area contributed by atoms with E-state index in [1.807, 2.05) is 6.92 Å². The molecule has 0 spiro atoms. The normalized spacial score (nSPS) is 11.0. The molecule has 25 heavy (non-hydrogen) atoms. The number of aryl methyl sites for hydroxylation is 1. The third kappa shape index (κ3) is 3.66. The Labute approximate surface area is 145 Å². The van der Waals surface area contributed by atoms with Gasteiger partial charge in [-0.15, -0.1) is 0 Å². The van der Waals surface area contributed by atoms with Crippen molar-refractivity contribution in [3.8, 4) is 11.5 Å². The van der Waals surface area contributed by atoms with E-state index in [0.29, 0.717) is 5.56 Å². The topological polar surface area (TPSA) is 108 Å². The summed E-state index contributed by atoms with van der Waals surface area (Å²) in [5.74, 6) is 0.165. The van der Waals surface area contributed by atoms with Gasteiger partial charge >= 0.3 is 5.69 Å². The van der Waals surface area contributed by atoms with Gasteiger partial charge in [0.2, 0.25) is 5.75 Å². The van der Waals surface area contributed by atoms with Gasteiger partial charge in [0.05, 0.1) is 29.7 Å². The zero-order valence-electron chi connectivity index (χ0n) is 14.2. The number of anilines is 1. The van der Waals surface area contributed by atoms with Gasteiger partial charge in [0.25, 0.3) is 10.0 Å². The maximum absolute atomic E-state index is 12.6. The van der Waals surface area contributed by atoms with Crippen LogP contribution in [0.1, 0.15) is 11.1 Å². The van der Waals surface area contributed by atoms with E-state index < -0.39 is 14.9 Å². The van der Waals surface area contributed by atoms with Gasteiger partial charge in [-0.2, -0.15) is 0 Å². The second-order valence-corrected chi connectivity index (χ2v) is 6.99. The van der Waals surface area contributed by atoms with E-state index in [1.54, 1.807) is 19.1 Å². The highest BCUT2D eigenvalue weighted by molar-refractivity contribution is 7.92. The van der Waals surface area contributed by atoms with Gasteiger partial charge in [0.15, 0.2) is 0 Å². The molecule has 0 bridgehead atoms. The van der Waals surface area contributed by atoms with Crippen LogP contribution in [-0.4, -0.2) is 27.6 Å². The third-order valence-corrected chi connectivity index (χ3v) is 5.00. The number of rotatable bonds is 6. The minimum absolute atomic E-state index is 0.0140. The average Bonchev–Trinajstić information content (AvgIpc) is 2.54. The van der Waals surface area contributed by atoms with E-state index in [1.165, 1.54) is 26.4 Å². The van der Waals surface area contributed by atoms with Gasteiger partial charge < -0.3 is 9.47 Å². The maximum Gasteiger partial charge on any atom is 0.313 e. The molecule has 2 aromatic rings. The second kappa shape index (κ2) is 6.98. The molecule has 0 saturated heterocycles. The largest absolute Gasteiger partial charge is 0.494 e. The average molecular weight is 366 g/mol. The van der Waals surface area contributed by atoms with Crippen molar-refractivity contribution >= 4 is 21.4 Å². The zero-order chi connectivity index (χ0) is 18.8. The van der Waals surface area contributed by atoms with Crippen LogP contribution in [-0.2, 0) is 10.0 Å². The van der Waals surface area contributed by atoms with Crippen molar-refractivity contribution in [2.24, 2.45) is 0 Å². The molecular weight excluding hydrogens is 348 g/mol. The highest BCUT2D eigenvalue weighted by Crippen LogP contribution is 2.42. The van der Waals surface area contributed by atoms with Crippen molar-refractivity contribution in [1.82, 2.24) is 0 Å². The Hall–Kier alpha value is -2.81. The first-order valence-electron chi connectivity index (χ1n) is 7.20. The highest BCUT2D eigenvalue weighted by Gasteiger charge is 2.26. The number of nitrogens with one attached hydrogen (secondary N) is 1. The van der Waals surface area contributed by atoms with E-state index in [0.717, 1.165) is 11.6 Å². The van der Waals surface area contributed by atoms with E-state index in [-0.39, 0.29) is 27.8 Å². The molecule has 0 fully saturated rings. The number of sulfonamides is 1. The van der Waals surface area contributed by atoms with Crippen LogP contribution in [0.4, 0.5) is 11.4 Å². The first kappa shape index (κ1) is 18.5. The van der Waals surface area contributed by atoms with Gasteiger partial charge in [-0.3, -0.25) is 14.8 Å². The van der Waals surface area contributed by atoms with Crippen LogP contribution in [0.25, 0.3) is 0 Å². The van der Waals surface area contributed by atoms with E-state index in [9.17, 15) is 18.5 Å². The molecule has 0 atom stereocenters. The number of benzene rings is 2. The fourth-order valence-corrected chi connectivity index (χ4v) is 3.47. The molecule has 0 heterocycles. The summed E-state index contributed by atoms with van der Waals surface area (Å²) >= 11 is 0. The molecule has 9 heteroatoms. The fourth-order valence-electron chi connectivity index (χ4n) is 2.42. The minimum Gasteiger partial charge on any atom is -0.494 e. The smallest absolute Gasteiger partial charge is 0.313 e. The van der Waals surface area contributed by atoms with Crippen molar-refractivity contribution in [2.75, 3.05) is 18.9 Å². The minimum atomic E-state index is -3.93. The Bertz CT molecular complexity index is 907. The van der Waals surface area contributed by atoms with Crippen LogP contribution in [0, 0.1) is 24.0 Å². The molecule has 0 amide bonds. The lowest BCUT2D eigenvalue weighted by molar-refractivity contribution is -0.385. The zero-order valence-corrected chi connectivity index (χ0v) is 15.0. The van der Waals surface area contributed by atoms with Gasteiger partial charge in [0, 0.05) is 11.6 Å². The van der Waals surface area contributed by atoms with Gasteiger partial charge in [0.1, 0.15) is 5.75 Å². The van der Waals surface area contributed by atoms with Crippen molar-refractivity contribution in [1.29, 1.82) is 0 Å². The summed E-state index contributed by atoms with van der Waals surface area (Å²) in [5, 5.41) is 11.3. The quantitative estimate of drug-likeness (QED) is 0.622. The van der Waals surface area contributed by atoms with Crippen LogP contribution in [0.5, 0.6) is 11.5 Å². The Kier molecular flexibility index (Phi) is 5.17. The summed E-state index contributed by atoms with van der Waals surface area (Å²) in [7, 11) is -1.29. The lowest BCUT2D eigenvalue weighted by Gasteiger charge is -2.16. The number of ether oxygens (including phenoxy) is 2. The molecule has 134 valence electrons. The third-order valence-electron chi connectivity index (χ3n) is 3.62. The number of hydrogen-bond acceptors (Lipinski definition) is 6. The molecule has 8 nitrogen and oxygen atoms in total. The SMILES string of the molecule is COc1c(NS(=O)(=O)c2ccc(C)cc2)cc([N+](=O)[O-])c(OC)c1C. The van der Waals surface area contributed by atoms with Crippen molar-refractivity contribution in [3.05, 3.63) is 51.6 Å². The summed E-state index contributed by atoms with van der Waals surface area (Å²) in [6.45, 7) is 3.39. The van der Waals surface area contributed by atoms with Gasteiger partial charge in [-0.05, 0) is 26.0 Å². The van der Waals surface area contributed by atoms with Crippen LogP contribution in [0.15, 0.2) is 35.2 Å². The van der Waals surface area contributed by atoms with E-state index >= 15 is 0 Å². The van der Waals surface area contributed by atoms with E-state index in [4.69, 9.17) is 9.47 Å². The Balaban J connectivity index is 2.58. The monoisotopic (exact) mass is 366 g/mol. The van der Waals surface area contributed by atoms with Crippen LogP contribution in [0.3, 0.4) is 0 Å². The van der Waals surface area contributed by atoms with Crippen molar-refractivity contribution < 1.29 is 22.8 Å². The van der Waals surface area contributed by atoms with Crippen molar-refractivity contribution in [2.45, 2.75) is 18.7 Å². The standard InChI is InChI=1S/C16H18N2O6S/c1-10-5-7-12(8-6-10)25(21,22)17-13-9-14(18(19)20)16(24-4)11(2)15(13)23-3/h5-9,17H,1-4H3. The Morgan fingerprint density at radius 3 is 2.08 bits per heavy atom. The number of nitro benzene ring substituents is 1. The highest BCUT2D eigenvalue weighted by atomic mass is 32.2. The summed E-state index contributed by atoms with van der Waals surface area (Å²) in [6.07, 6.45) is 0. The molecule has 2 aromatic carbocycles. The predicted molar refractivity (Wildman–Crippen MR) is 92.9 cm³/mol. The first-order valence-corrected chi connectivity index (χ1v) is 8.69. The maximum atomic E-state index is 12.6. The number of nitro groups is 1. The number of methoxy groups -OCH3 is 2. The molecule has 0 aliphatic carbocycles. The fraction of sp³-hybridized carbons (Fsp3) is 0.250. The molecule has 2 rings (SSSR count). The Morgan fingerprint density at radius 1 is 1.04 bits per heavy atom. The summed E-state index contributed by atoms with van der Waals surface area (Å²) in [5.41, 5.74) is 0.837. The summed E-state index contributed by atoms with van der Waals surface area (Å²) in [4.78, 5) is 10.7. The van der Waals surface area contributed by atoms with Gasteiger partial charge in [-0.25, -0.2) is 8.42 Å².